The van der Waals surface area contributed by atoms with E-state index in [-0.39, 0.29) is 30.6 Å². The average Bonchev–Trinajstić information content (AvgIpc) is 2.86. The number of phenolic OH excluding ortho intramolecular Hbond substituents is 1. The van der Waals surface area contributed by atoms with Crippen LogP contribution in [0.3, 0.4) is 0 Å². The third-order valence-corrected chi connectivity index (χ3v) is 7.72. The minimum absolute atomic E-state index is 0.0298. The number of aliphatic hydroxyl groups is 1. The summed E-state index contributed by atoms with van der Waals surface area (Å²) in [5, 5.41) is 21.8. The Labute approximate surface area is 211 Å². The second-order valence-electron chi connectivity index (χ2n) is 9.70. The summed E-state index contributed by atoms with van der Waals surface area (Å²) in [4.78, 5) is 64.2. The van der Waals surface area contributed by atoms with Crippen molar-refractivity contribution in [3.63, 3.8) is 0 Å². The highest BCUT2D eigenvalue weighted by atomic mass is 16.5. The predicted molar refractivity (Wildman–Crippen MR) is 127 cm³/mol. The molecule has 2 unspecified atom stereocenters. The van der Waals surface area contributed by atoms with Gasteiger partial charge in [0.25, 0.3) is 0 Å². The van der Waals surface area contributed by atoms with E-state index in [1.54, 1.807) is 37.4 Å². The van der Waals surface area contributed by atoms with Crippen LogP contribution >= 0.6 is 0 Å². The maximum atomic E-state index is 13.6. The van der Waals surface area contributed by atoms with Gasteiger partial charge in [-0.15, -0.1) is 0 Å². The number of benzene rings is 2. The van der Waals surface area contributed by atoms with Gasteiger partial charge in [0.2, 0.25) is 5.91 Å². The number of aromatic hydroxyl groups is 1. The van der Waals surface area contributed by atoms with Gasteiger partial charge >= 0.3 is 0 Å². The second-order valence-corrected chi connectivity index (χ2v) is 9.70. The van der Waals surface area contributed by atoms with Crippen LogP contribution in [0.5, 0.6) is 11.5 Å². The number of phenols is 1. The van der Waals surface area contributed by atoms with E-state index in [2.05, 4.69) is 11.8 Å². The Balaban J connectivity index is 1.54. The minimum atomic E-state index is -2.66. The van der Waals surface area contributed by atoms with E-state index < -0.39 is 58.3 Å². The highest BCUT2D eigenvalue weighted by molar-refractivity contribution is 6.31. The lowest BCUT2D eigenvalue weighted by Gasteiger charge is -2.48. The highest BCUT2D eigenvalue weighted by Gasteiger charge is 2.66. The van der Waals surface area contributed by atoms with Crippen molar-refractivity contribution >= 4 is 29.0 Å². The van der Waals surface area contributed by atoms with Gasteiger partial charge in [-0.2, -0.15) is 0 Å². The van der Waals surface area contributed by atoms with Gasteiger partial charge in [-0.25, -0.2) is 0 Å². The maximum absolute atomic E-state index is 13.6. The molecule has 2 aromatic rings. The molecule has 37 heavy (non-hydrogen) atoms. The molecule has 188 valence electrons. The number of ketones is 4. The lowest BCUT2D eigenvalue weighted by atomic mass is 9.53. The summed E-state index contributed by atoms with van der Waals surface area (Å²) in [5.41, 5.74) is 4.11. The largest absolute Gasteiger partial charge is 0.507 e. The zero-order chi connectivity index (χ0) is 26.6. The van der Waals surface area contributed by atoms with E-state index in [9.17, 15) is 34.2 Å². The van der Waals surface area contributed by atoms with Crippen molar-refractivity contribution in [2.24, 2.45) is 29.4 Å². The molecule has 3 aliphatic rings. The van der Waals surface area contributed by atoms with Crippen LogP contribution in [-0.2, 0) is 25.6 Å². The molecule has 1 amide bonds. The Kier molecular flexibility index (Phi) is 5.72. The summed E-state index contributed by atoms with van der Waals surface area (Å²) < 4.78 is 5.14. The predicted octanol–water partition coefficient (Wildman–Crippen LogP) is 0.735. The zero-order valence-corrected chi connectivity index (χ0v) is 19.8. The number of hydrogen-bond acceptors (Lipinski definition) is 8. The Morgan fingerprint density at radius 3 is 2.38 bits per heavy atom. The molecule has 2 fully saturated rings. The van der Waals surface area contributed by atoms with Crippen LogP contribution in [0.25, 0.3) is 0 Å². The van der Waals surface area contributed by atoms with Gasteiger partial charge in [-0.05, 0) is 60.7 Å². The summed E-state index contributed by atoms with van der Waals surface area (Å²) in [6.45, 7) is 0. The molecule has 3 aliphatic carbocycles. The summed E-state index contributed by atoms with van der Waals surface area (Å²) in [5.74, 6) is -3.68. The number of fused-ring (bicyclic) bond motifs is 3. The molecule has 0 bridgehead atoms. The molecule has 9 heteroatoms. The Hall–Kier alpha value is -4.29. The van der Waals surface area contributed by atoms with Crippen LogP contribution in [0.15, 0.2) is 36.4 Å². The first kappa shape index (κ1) is 24.4. The van der Waals surface area contributed by atoms with Crippen molar-refractivity contribution in [2.75, 3.05) is 7.11 Å². The molecule has 0 saturated heterocycles. The van der Waals surface area contributed by atoms with Crippen molar-refractivity contribution in [2.45, 2.75) is 24.9 Å². The van der Waals surface area contributed by atoms with E-state index in [0.717, 1.165) is 0 Å². The van der Waals surface area contributed by atoms with Crippen molar-refractivity contribution in [1.82, 2.24) is 0 Å². The van der Waals surface area contributed by atoms with Gasteiger partial charge in [0.15, 0.2) is 34.7 Å². The number of methoxy groups -OCH3 is 1. The van der Waals surface area contributed by atoms with Gasteiger partial charge < -0.3 is 20.7 Å². The number of primary amides is 1. The molecule has 0 aromatic heterocycles. The third-order valence-electron chi connectivity index (χ3n) is 7.72. The Morgan fingerprint density at radius 1 is 1.03 bits per heavy atom. The van der Waals surface area contributed by atoms with Gasteiger partial charge in [-0.3, -0.25) is 24.0 Å². The zero-order valence-electron chi connectivity index (χ0n) is 19.8. The number of amides is 1. The van der Waals surface area contributed by atoms with Crippen LogP contribution in [-0.4, -0.2) is 52.0 Å². The van der Waals surface area contributed by atoms with Crippen LogP contribution in [0.4, 0.5) is 0 Å². The maximum Gasteiger partial charge on any atom is 0.235 e. The molecule has 0 aliphatic heterocycles. The Morgan fingerprint density at radius 2 is 1.73 bits per heavy atom. The first-order valence-corrected chi connectivity index (χ1v) is 11.8. The summed E-state index contributed by atoms with van der Waals surface area (Å²) in [7, 11) is 1.56. The van der Waals surface area contributed by atoms with E-state index in [1.165, 1.54) is 6.07 Å². The van der Waals surface area contributed by atoms with Crippen molar-refractivity contribution in [1.29, 1.82) is 0 Å². The topological polar surface area (TPSA) is 161 Å². The van der Waals surface area contributed by atoms with Crippen LogP contribution < -0.4 is 10.5 Å². The van der Waals surface area contributed by atoms with Crippen LogP contribution in [0.2, 0.25) is 0 Å². The monoisotopic (exact) mass is 501 g/mol. The quantitative estimate of drug-likeness (QED) is 0.401. The number of nitrogens with two attached hydrogens (primary N) is 1. The van der Waals surface area contributed by atoms with E-state index in [0.29, 0.717) is 22.4 Å². The number of ether oxygens (including phenoxy) is 1. The van der Waals surface area contributed by atoms with Gasteiger partial charge in [-0.1, -0.05) is 11.8 Å². The number of rotatable bonds is 2. The van der Waals surface area contributed by atoms with Gasteiger partial charge in [0.1, 0.15) is 11.5 Å². The van der Waals surface area contributed by atoms with Crippen molar-refractivity contribution < 1.29 is 38.9 Å². The fourth-order valence-corrected chi connectivity index (χ4v) is 5.90. The molecule has 0 heterocycles. The van der Waals surface area contributed by atoms with Crippen LogP contribution in [0.1, 0.15) is 39.9 Å². The number of carbonyl (C=O) groups excluding carboxylic acids is 5. The molecular formula is C28H23NO8. The first-order valence-electron chi connectivity index (χ1n) is 11.8. The summed E-state index contributed by atoms with van der Waals surface area (Å²) >= 11 is 0. The fourth-order valence-electron chi connectivity index (χ4n) is 5.90. The lowest BCUT2D eigenvalue weighted by molar-refractivity contribution is -0.175. The van der Waals surface area contributed by atoms with Crippen molar-refractivity contribution in [3.8, 4) is 23.3 Å². The van der Waals surface area contributed by atoms with Crippen LogP contribution in [0, 0.1) is 35.5 Å². The lowest BCUT2D eigenvalue weighted by Crippen LogP contribution is -2.68. The first-order chi connectivity index (χ1) is 17.6. The van der Waals surface area contributed by atoms with E-state index >= 15 is 0 Å². The standard InChI is InChI=1S/C28H23NO8/c1-37-17-7-3-13(4-8-17)2-5-14-6-9-19(30)22-18(14)11-15-10-16-12-20(31)23(27(29)35)26(34)28(16,36)25(33)21(15)24(22)32/h3-4,6-9,15-16,21,23,30,36H,10-12H2,1H3,(H2,29,35)/t15-,16+,21?,23?,28+/m1/s1. The molecule has 4 N–H and O–H groups in total. The molecule has 5 rings (SSSR count). The van der Waals surface area contributed by atoms with Gasteiger partial charge in [0.05, 0.1) is 18.6 Å². The molecule has 9 nitrogen and oxygen atoms in total. The Bertz CT molecular complexity index is 1450. The minimum Gasteiger partial charge on any atom is -0.507 e. The third kappa shape index (κ3) is 3.64. The normalized spacial score (nSPS) is 28.4. The fraction of sp³-hybridized carbons (Fsp3) is 0.321. The molecule has 0 spiro atoms. The molecule has 2 aromatic carbocycles. The average molecular weight is 501 g/mol. The SMILES string of the molecule is COc1ccc(C#Cc2ccc(O)c3c2C[C@H]2C[C@H]4CC(=O)C(C(N)=O)C(=O)[C@@]4(O)C(=O)C2C3=O)cc1. The van der Waals surface area contributed by atoms with Gasteiger partial charge in [0, 0.05) is 23.5 Å². The van der Waals surface area contributed by atoms with Crippen molar-refractivity contribution in [3.05, 3.63) is 58.7 Å². The molecule has 5 atom stereocenters. The number of Topliss-reactive ketones (excluding diaryl/α,β-unsaturated/α-hetero) is 4. The molecule has 0 radical (unpaired) electrons. The smallest absolute Gasteiger partial charge is 0.235 e. The second kappa shape index (κ2) is 8.68. The number of carbonyl (C=O) groups is 5. The molecular weight excluding hydrogens is 478 g/mol. The summed E-state index contributed by atoms with van der Waals surface area (Å²) in [6, 6.07) is 9.97. The van der Waals surface area contributed by atoms with E-state index in [1.807, 2.05) is 0 Å². The highest BCUT2D eigenvalue weighted by Crippen LogP contribution is 2.50. The number of hydrogen-bond donors (Lipinski definition) is 3. The summed E-state index contributed by atoms with van der Waals surface area (Å²) in [6.07, 6.45) is -0.176. The van der Waals surface area contributed by atoms with E-state index in [4.69, 9.17) is 10.5 Å². The molecule has 2 saturated carbocycles.